The van der Waals surface area contributed by atoms with Gasteiger partial charge in [-0.15, -0.1) is 0 Å². The van der Waals surface area contributed by atoms with Crippen LogP contribution in [-0.2, 0) is 0 Å². The van der Waals surface area contributed by atoms with Crippen LogP contribution in [0.15, 0.2) is 18.2 Å². The molecule has 2 N–H and O–H groups in total. The standard InChI is InChI=1S/C14H21FN2/c1-10-6-3-4-9-17(10)13-8-5-7-12(15)14(13)11(2)16/h5,7-8,10-11H,3-4,6,9,16H2,1-2H3/t10?,11-/m1/s1. The van der Waals surface area contributed by atoms with E-state index in [1.54, 1.807) is 6.07 Å². The molecular formula is C14H21FN2. The van der Waals surface area contributed by atoms with Crippen LogP contribution in [0.3, 0.4) is 0 Å². The highest BCUT2D eigenvalue weighted by Gasteiger charge is 2.23. The third-order valence-electron chi connectivity index (χ3n) is 3.60. The lowest BCUT2D eigenvalue weighted by Gasteiger charge is -2.37. The summed E-state index contributed by atoms with van der Waals surface area (Å²) in [4.78, 5) is 2.30. The molecule has 1 aromatic carbocycles. The molecule has 0 radical (unpaired) electrons. The SMILES string of the molecule is CC1CCCCN1c1cccc(F)c1[C@@H](C)N. The summed E-state index contributed by atoms with van der Waals surface area (Å²) in [6, 6.07) is 5.47. The molecule has 1 aliphatic rings. The maximum absolute atomic E-state index is 13.9. The molecule has 0 bridgehead atoms. The van der Waals surface area contributed by atoms with Gasteiger partial charge in [-0.1, -0.05) is 6.07 Å². The van der Waals surface area contributed by atoms with Crippen LogP contribution in [0.2, 0.25) is 0 Å². The molecule has 1 saturated heterocycles. The summed E-state index contributed by atoms with van der Waals surface area (Å²) in [5, 5.41) is 0. The molecule has 17 heavy (non-hydrogen) atoms. The fourth-order valence-corrected chi connectivity index (χ4v) is 2.68. The van der Waals surface area contributed by atoms with Crippen molar-refractivity contribution in [1.29, 1.82) is 0 Å². The van der Waals surface area contributed by atoms with Crippen LogP contribution < -0.4 is 10.6 Å². The van der Waals surface area contributed by atoms with Crippen LogP contribution in [0, 0.1) is 5.82 Å². The van der Waals surface area contributed by atoms with E-state index in [1.807, 2.05) is 13.0 Å². The van der Waals surface area contributed by atoms with E-state index in [0.29, 0.717) is 11.6 Å². The van der Waals surface area contributed by atoms with Crippen molar-refractivity contribution in [3.63, 3.8) is 0 Å². The average Bonchev–Trinajstić information content (AvgIpc) is 2.28. The maximum atomic E-state index is 13.9. The Labute approximate surface area is 103 Å². The number of hydrogen-bond donors (Lipinski definition) is 1. The van der Waals surface area contributed by atoms with Gasteiger partial charge >= 0.3 is 0 Å². The number of nitrogens with two attached hydrogens (primary N) is 1. The van der Waals surface area contributed by atoms with Crippen LogP contribution in [0.1, 0.15) is 44.7 Å². The van der Waals surface area contributed by atoms with E-state index in [2.05, 4.69) is 11.8 Å². The van der Waals surface area contributed by atoms with Gasteiger partial charge in [0.05, 0.1) is 0 Å². The molecule has 1 fully saturated rings. The van der Waals surface area contributed by atoms with Gasteiger partial charge in [-0.25, -0.2) is 4.39 Å². The Morgan fingerprint density at radius 3 is 2.82 bits per heavy atom. The minimum absolute atomic E-state index is 0.185. The Balaban J connectivity index is 2.40. The molecule has 94 valence electrons. The first kappa shape index (κ1) is 12.4. The number of nitrogens with zero attached hydrogens (tertiary/aromatic N) is 1. The highest BCUT2D eigenvalue weighted by molar-refractivity contribution is 5.56. The zero-order chi connectivity index (χ0) is 12.4. The molecule has 0 saturated carbocycles. The Morgan fingerprint density at radius 1 is 1.41 bits per heavy atom. The van der Waals surface area contributed by atoms with Crippen molar-refractivity contribution in [3.05, 3.63) is 29.6 Å². The quantitative estimate of drug-likeness (QED) is 0.854. The minimum atomic E-state index is -0.264. The second-order valence-electron chi connectivity index (χ2n) is 5.00. The van der Waals surface area contributed by atoms with Gasteiger partial charge in [0.1, 0.15) is 5.82 Å². The van der Waals surface area contributed by atoms with Crippen LogP contribution >= 0.6 is 0 Å². The summed E-state index contributed by atoms with van der Waals surface area (Å²) in [7, 11) is 0. The van der Waals surface area contributed by atoms with Crippen molar-refractivity contribution >= 4 is 5.69 Å². The van der Waals surface area contributed by atoms with Crippen molar-refractivity contribution < 1.29 is 4.39 Å². The van der Waals surface area contributed by atoms with Crippen molar-refractivity contribution in [3.8, 4) is 0 Å². The highest BCUT2D eigenvalue weighted by atomic mass is 19.1. The van der Waals surface area contributed by atoms with Crippen LogP contribution in [-0.4, -0.2) is 12.6 Å². The largest absolute Gasteiger partial charge is 0.368 e. The lowest BCUT2D eigenvalue weighted by atomic mass is 9.99. The Morgan fingerprint density at radius 2 is 2.18 bits per heavy atom. The van der Waals surface area contributed by atoms with E-state index in [0.717, 1.165) is 12.2 Å². The fraction of sp³-hybridized carbons (Fsp3) is 0.571. The monoisotopic (exact) mass is 236 g/mol. The molecule has 1 heterocycles. The van der Waals surface area contributed by atoms with Gasteiger partial charge in [0.25, 0.3) is 0 Å². The van der Waals surface area contributed by atoms with Gasteiger partial charge in [0.15, 0.2) is 0 Å². The zero-order valence-corrected chi connectivity index (χ0v) is 10.6. The fourth-order valence-electron chi connectivity index (χ4n) is 2.68. The number of piperidine rings is 1. The molecule has 2 rings (SSSR count). The molecule has 0 spiro atoms. The number of benzene rings is 1. The topological polar surface area (TPSA) is 29.3 Å². The Hall–Kier alpha value is -1.09. The third kappa shape index (κ3) is 2.44. The zero-order valence-electron chi connectivity index (χ0n) is 10.6. The third-order valence-corrected chi connectivity index (χ3v) is 3.60. The average molecular weight is 236 g/mol. The molecule has 2 atom stereocenters. The van der Waals surface area contributed by atoms with Crippen LogP contribution in [0.25, 0.3) is 0 Å². The Bertz CT molecular complexity index is 390. The summed E-state index contributed by atoms with van der Waals surface area (Å²) < 4.78 is 13.9. The first-order valence-corrected chi connectivity index (χ1v) is 6.42. The smallest absolute Gasteiger partial charge is 0.130 e. The van der Waals surface area contributed by atoms with Crippen molar-refractivity contribution in [1.82, 2.24) is 0 Å². The van der Waals surface area contributed by atoms with Crippen LogP contribution in [0.5, 0.6) is 0 Å². The number of anilines is 1. The Kier molecular flexibility index (Phi) is 3.67. The second kappa shape index (κ2) is 5.05. The molecule has 0 aromatic heterocycles. The first-order valence-electron chi connectivity index (χ1n) is 6.42. The molecule has 0 amide bonds. The van der Waals surface area contributed by atoms with E-state index in [-0.39, 0.29) is 11.9 Å². The van der Waals surface area contributed by atoms with Crippen molar-refractivity contribution in [2.75, 3.05) is 11.4 Å². The normalized spacial score (nSPS) is 22.6. The number of hydrogen-bond acceptors (Lipinski definition) is 2. The molecule has 0 aliphatic carbocycles. The predicted molar refractivity (Wildman–Crippen MR) is 69.7 cm³/mol. The lowest BCUT2D eigenvalue weighted by Crippen LogP contribution is -2.38. The molecule has 2 nitrogen and oxygen atoms in total. The van der Waals surface area contributed by atoms with E-state index in [4.69, 9.17) is 5.73 Å². The summed E-state index contributed by atoms with van der Waals surface area (Å²) in [5.41, 5.74) is 7.53. The van der Waals surface area contributed by atoms with Gasteiger partial charge in [0.2, 0.25) is 0 Å². The van der Waals surface area contributed by atoms with Gasteiger partial charge in [-0.3, -0.25) is 0 Å². The van der Waals surface area contributed by atoms with Gasteiger partial charge in [0, 0.05) is 29.9 Å². The van der Waals surface area contributed by atoms with E-state index in [9.17, 15) is 4.39 Å². The first-order chi connectivity index (χ1) is 8.11. The van der Waals surface area contributed by atoms with E-state index >= 15 is 0 Å². The molecule has 1 unspecified atom stereocenters. The van der Waals surface area contributed by atoms with Gasteiger partial charge < -0.3 is 10.6 Å². The molecule has 3 heteroatoms. The predicted octanol–water partition coefficient (Wildman–Crippen LogP) is 3.22. The highest BCUT2D eigenvalue weighted by Crippen LogP contribution is 2.32. The summed E-state index contributed by atoms with van der Waals surface area (Å²) >= 11 is 0. The van der Waals surface area contributed by atoms with Gasteiger partial charge in [-0.2, -0.15) is 0 Å². The van der Waals surface area contributed by atoms with Crippen LogP contribution in [0.4, 0.5) is 10.1 Å². The molecule has 1 aromatic rings. The molecular weight excluding hydrogens is 215 g/mol. The molecule has 1 aliphatic heterocycles. The van der Waals surface area contributed by atoms with Crippen molar-refractivity contribution in [2.24, 2.45) is 5.73 Å². The van der Waals surface area contributed by atoms with Gasteiger partial charge in [-0.05, 0) is 45.2 Å². The number of halogens is 1. The minimum Gasteiger partial charge on any atom is -0.368 e. The van der Waals surface area contributed by atoms with Crippen molar-refractivity contribution in [2.45, 2.75) is 45.2 Å². The summed E-state index contributed by atoms with van der Waals surface area (Å²) in [5.74, 6) is -0.185. The summed E-state index contributed by atoms with van der Waals surface area (Å²) in [6.45, 7) is 5.05. The lowest BCUT2D eigenvalue weighted by molar-refractivity contribution is 0.480. The van der Waals surface area contributed by atoms with E-state index < -0.39 is 0 Å². The second-order valence-corrected chi connectivity index (χ2v) is 5.00. The summed E-state index contributed by atoms with van der Waals surface area (Å²) in [6.07, 6.45) is 3.62. The maximum Gasteiger partial charge on any atom is 0.130 e. The van der Waals surface area contributed by atoms with E-state index in [1.165, 1.54) is 25.3 Å². The number of rotatable bonds is 2.